The molecule has 3 fully saturated rings. The Hall–Kier alpha value is -2.55. The standard InChI is InChI=1S/C22H28ClN6O2/c1-2-27(12-16-29-13-9-26(10-14-29)11-15-29)19-5-3-18(4-6-19)24-25-22-8-7-20(28(30)31)17-21(22)23/h3-8,17H,2,9-16H2,1H3/q+1. The van der Waals surface area contributed by atoms with Crippen LogP contribution in [0.4, 0.5) is 22.7 Å². The first-order chi connectivity index (χ1) is 15.0. The number of fused-ring (bicyclic) bond motifs is 3. The van der Waals surface area contributed by atoms with Gasteiger partial charge < -0.3 is 9.38 Å². The fraction of sp³-hybridized carbons (Fsp3) is 0.455. The Balaban J connectivity index is 1.38. The van der Waals surface area contributed by atoms with E-state index in [0.717, 1.165) is 13.1 Å². The number of quaternary nitrogens is 1. The molecule has 3 aliphatic rings. The number of rotatable bonds is 8. The lowest BCUT2D eigenvalue weighted by molar-refractivity contribution is -0.939. The Morgan fingerprint density at radius 2 is 1.77 bits per heavy atom. The lowest BCUT2D eigenvalue weighted by Crippen LogP contribution is -2.68. The van der Waals surface area contributed by atoms with Gasteiger partial charge in [-0.25, -0.2) is 0 Å². The Morgan fingerprint density at radius 1 is 1.10 bits per heavy atom. The summed E-state index contributed by atoms with van der Waals surface area (Å²) in [5.41, 5.74) is 2.24. The number of azo groups is 1. The molecular formula is C22H28ClN6O2+. The highest BCUT2D eigenvalue weighted by molar-refractivity contribution is 6.33. The minimum atomic E-state index is -0.485. The van der Waals surface area contributed by atoms with E-state index in [1.165, 1.54) is 74.2 Å². The van der Waals surface area contributed by atoms with Gasteiger partial charge in [-0.2, -0.15) is 5.11 Å². The van der Waals surface area contributed by atoms with Crippen LogP contribution >= 0.6 is 11.6 Å². The second-order valence-electron chi connectivity index (χ2n) is 8.27. The van der Waals surface area contributed by atoms with E-state index in [1.54, 1.807) is 0 Å². The maximum atomic E-state index is 10.8. The van der Waals surface area contributed by atoms with E-state index in [2.05, 4.69) is 39.1 Å². The third kappa shape index (κ3) is 5.03. The fourth-order valence-electron chi connectivity index (χ4n) is 4.40. The molecule has 0 unspecified atom stereocenters. The van der Waals surface area contributed by atoms with Crippen molar-refractivity contribution < 1.29 is 9.41 Å². The van der Waals surface area contributed by atoms with Crippen LogP contribution in [0.2, 0.25) is 5.02 Å². The van der Waals surface area contributed by atoms with Gasteiger partial charge in [0.25, 0.3) is 5.69 Å². The molecule has 5 rings (SSSR count). The molecule has 31 heavy (non-hydrogen) atoms. The third-order valence-corrected chi connectivity index (χ3v) is 6.83. The zero-order valence-corrected chi connectivity index (χ0v) is 18.5. The van der Waals surface area contributed by atoms with E-state index in [0.29, 0.717) is 11.4 Å². The summed E-state index contributed by atoms with van der Waals surface area (Å²) in [6, 6.07) is 12.2. The number of nitro groups is 1. The normalized spacial score (nSPS) is 22.7. The Morgan fingerprint density at radius 3 is 2.35 bits per heavy atom. The van der Waals surface area contributed by atoms with Crippen LogP contribution in [0.3, 0.4) is 0 Å². The predicted molar refractivity (Wildman–Crippen MR) is 123 cm³/mol. The van der Waals surface area contributed by atoms with Gasteiger partial charge in [0.05, 0.1) is 48.4 Å². The smallest absolute Gasteiger partial charge is 0.271 e. The minimum absolute atomic E-state index is 0.0649. The summed E-state index contributed by atoms with van der Waals surface area (Å²) in [6.45, 7) is 13.0. The average molecular weight is 444 g/mol. The van der Waals surface area contributed by atoms with E-state index in [4.69, 9.17) is 11.6 Å². The van der Waals surface area contributed by atoms with Crippen LogP contribution in [-0.2, 0) is 0 Å². The van der Waals surface area contributed by atoms with Gasteiger partial charge in [-0.3, -0.25) is 15.0 Å². The topological polar surface area (TPSA) is 74.3 Å². The quantitative estimate of drug-likeness (QED) is 0.258. The van der Waals surface area contributed by atoms with Gasteiger partial charge in [0.15, 0.2) is 0 Å². The van der Waals surface area contributed by atoms with E-state index in [1.807, 2.05) is 12.1 Å². The molecule has 9 heteroatoms. The highest BCUT2D eigenvalue weighted by Crippen LogP contribution is 2.31. The third-order valence-electron chi connectivity index (χ3n) is 6.53. The molecule has 3 aliphatic heterocycles. The van der Waals surface area contributed by atoms with Crippen molar-refractivity contribution in [3.8, 4) is 0 Å². The zero-order chi connectivity index (χ0) is 21.8. The monoisotopic (exact) mass is 443 g/mol. The molecule has 3 heterocycles. The van der Waals surface area contributed by atoms with Crippen LogP contribution in [0.25, 0.3) is 0 Å². The summed E-state index contributed by atoms with van der Waals surface area (Å²) in [5.74, 6) is 0. The van der Waals surface area contributed by atoms with E-state index < -0.39 is 4.92 Å². The molecule has 0 radical (unpaired) electrons. The summed E-state index contributed by atoms with van der Waals surface area (Å²) in [5, 5.41) is 19.4. The number of benzene rings is 2. The van der Waals surface area contributed by atoms with Crippen LogP contribution in [0, 0.1) is 10.1 Å². The van der Waals surface area contributed by atoms with Crippen LogP contribution in [0.15, 0.2) is 52.7 Å². The number of nitrogens with zero attached hydrogens (tertiary/aromatic N) is 6. The van der Waals surface area contributed by atoms with Gasteiger partial charge in [0, 0.05) is 44.0 Å². The van der Waals surface area contributed by atoms with Crippen molar-refractivity contribution in [2.75, 3.05) is 63.8 Å². The number of likely N-dealkylation sites (N-methyl/N-ethyl adjacent to an activating group) is 1. The van der Waals surface area contributed by atoms with E-state index in [9.17, 15) is 10.1 Å². The maximum Gasteiger partial charge on any atom is 0.271 e. The molecule has 0 spiro atoms. The molecule has 0 atom stereocenters. The Labute approximate surface area is 187 Å². The van der Waals surface area contributed by atoms with Crippen molar-refractivity contribution in [3.05, 3.63) is 57.6 Å². The van der Waals surface area contributed by atoms with Gasteiger partial charge in [-0.1, -0.05) is 11.6 Å². The van der Waals surface area contributed by atoms with Crippen LogP contribution in [0.1, 0.15) is 6.92 Å². The lowest BCUT2D eigenvalue weighted by Gasteiger charge is -2.51. The van der Waals surface area contributed by atoms with Crippen molar-refractivity contribution in [1.82, 2.24) is 4.90 Å². The van der Waals surface area contributed by atoms with Crippen molar-refractivity contribution >= 4 is 34.4 Å². The second kappa shape index (κ2) is 9.30. The number of halogens is 1. The number of hydrogen-bond acceptors (Lipinski definition) is 6. The lowest BCUT2D eigenvalue weighted by atomic mass is 10.1. The highest BCUT2D eigenvalue weighted by Gasteiger charge is 2.38. The fourth-order valence-corrected chi connectivity index (χ4v) is 4.61. The number of non-ortho nitro benzene ring substituents is 1. The van der Waals surface area contributed by atoms with Crippen molar-refractivity contribution in [2.24, 2.45) is 10.2 Å². The van der Waals surface area contributed by atoms with Crippen molar-refractivity contribution in [3.63, 3.8) is 0 Å². The molecule has 3 saturated heterocycles. The van der Waals surface area contributed by atoms with E-state index in [-0.39, 0.29) is 10.7 Å². The Kier molecular flexibility index (Phi) is 6.50. The predicted octanol–water partition coefficient (Wildman–Crippen LogP) is 4.64. The van der Waals surface area contributed by atoms with Gasteiger partial charge in [-0.05, 0) is 37.3 Å². The van der Waals surface area contributed by atoms with Crippen molar-refractivity contribution in [2.45, 2.75) is 6.92 Å². The summed E-state index contributed by atoms with van der Waals surface area (Å²) in [6.07, 6.45) is 0. The van der Waals surface area contributed by atoms with Crippen molar-refractivity contribution in [1.29, 1.82) is 0 Å². The molecule has 0 aromatic heterocycles. The first-order valence-corrected chi connectivity index (χ1v) is 11.1. The molecular weight excluding hydrogens is 416 g/mol. The summed E-state index contributed by atoms with van der Waals surface area (Å²) < 4.78 is 1.26. The molecule has 164 valence electrons. The minimum Gasteiger partial charge on any atom is -0.366 e. The maximum absolute atomic E-state index is 10.8. The van der Waals surface area contributed by atoms with Crippen LogP contribution in [0.5, 0.6) is 0 Å². The molecule has 0 aliphatic carbocycles. The number of anilines is 1. The summed E-state index contributed by atoms with van der Waals surface area (Å²) in [4.78, 5) is 15.3. The van der Waals surface area contributed by atoms with Gasteiger partial charge in [0.2, 0.25) is 0 Å². The first-order valence-electron chi connectivity index (χ1n) is 10.8. The number of nitro benzene ring substituents is 1. The van der Waals surface area contributed by atoms with Gasteiger partial charge in [0.1, 0.15) is 5.69 Å². The van der Waals surface area contributed by atoms with Gasteiger partial charge >= 0.3 is 0 Å². The summed E-state index contributed by atoms with van der Waals surface area (Å²) in [7, 11) is 0. The van der Waals surface area contributed by atoms with Crippen LogP contribution < -0.4 is 4.90 Å². The highest BCUT2D eigenvalue weighted by atomic mass is 35.5. The molecule has 0 N–H and O–H groups in total. The second-order valence-corrected chi connectivity index (χ2v) is 8.67. The Bertz CT molecular complexity index is 943. The molecule has 2 aromatic rings. The zero-order valence-electron chi connectivity index (χ0n) is 17.8. The summed E-state index contributed by atoms with van der Waals surface area (Å²) >= 11 is 6.08. The average Bonchev–Trinajstić information content (AvgIpc) is 2.80. The molecule has 2 bridgehead atoms. The van der Waals surface area contributed by atoms with Gasteiger partial charge in [-0.15, -0.1) is 5.11 Å². The SMILES string of the molecule is CCN(CC[N+]12CCN(CC1)CC2)c1ccc(N=Nc2ccc([N+](=O)[O-])cc2Cl)cc1. The number of hydrogen-bond donors (Lipinski definition) is 0. The molecule has 0 saturated carbocycles. The largest absolute Gasteiger partial charge is 0.366 e. The molecule has 8 nitrogen and oxygen atoms in total. The molecule has 2 aromatic carbocycles. The first kappa shape index (κ1) is 21.7. The molecule has 0 amide bonds. The van der Waals surface area contributed by atoms with Crippen LogP contribution in [-0.4, -0.2) is 73.2 Å². The number of piperazine rings is 3. The van der Waals surface area contributed by atoms with E-state index >= 15 is 0 Å².